The first kappa shape index (κ1) is 13.6. The van der Waals surface area contributed by atoms with E-state index in [1.165, 1.54) is 19.4 Å². The number of nitrogens with zero attached hydrogens (tertiary/aromatic N) is 2. The highest BCUT2D eigenvalue weighted by molar-refractivity contribution is 6.30. The van der Waals surface area contributed by atoms with Gasteiger partial charge in [0.25, 0.3) is 0 Å². The van der Waals surface area contributed by atoms with E-state index < -0.39 is 11.0 Å². The summed E-state index contributed by atoms with van der Waals surface area (Å²) in [6, 6.07) is 0.727. The summed E-state index contributed by atoms with van der Waals surface area (Å²) in [5, 5.41) is 22.7. The third-order valence-electron chi connectivity index (χ3n) is 1.96. The van der Waals surface area contributed by atoms with Crippen molar-refractivity contribution in [2.24, 2.45) is 0 Å². The molecule has 0 radical (unpaired) electrons. The van der Waals surface area contributed by atoms with Crippen LogP contribution in [0.25, 0.3) is 0 Å². The lowest BCUT2D eigenvalue weighted by molar-refractivity contribution is -0.384. The number of nitrogens with one attached hydrogen (secondary N) is 1. The summed E-state index contributed by atoms with van der Waals surface area (Å²) in [4.78, 5) is 14.0. The summed E-state index contributed by atoms with van der Waals surface area (Å²) >= 11 is 5.62. The van der Waals surface area contributed by atoms with Crippen molar-refractivity contribution in [1.82, 2.24) is 4.98 Å². The molecule has 17 heavy (non-hydrogen) atoms. The van der Waals surface area contributed by atoms with Crippen molar-refractivity contribution in [2.45, 2.75) is 6.04 Å². The molecule has 0 aliphatic heterocycles. The molecule has 0 fully saturated rings. The number of hydrogen-bond acceptors (Lipinski definition) is 6. The number of pyridine rings is 1. The Labute approximate surface area is 103 Å². The second kappa shape index (κ2) is 6.33. The second-order valence-electron chi connectivity index (χ2n) is 3.26. The minimum Gasteiger partial charge on any atom is -0.394 e. The number of halogens is 1. The number of aliphatic hydroxyl groups excluding tert-OH is 1. The van der Waals surface area contributed by atoms with Crippen LogP contribution in [0, 0.1) is 10.1 Å². The van der Waals surface area contributed by atoms with Gasteiger partial charge in [0, 0.05) is 19.4 Å². The van der Waals surface area contributed by atoms with Gasteiger partial charge in [0.05, 0.1) is 29.2 Å². The standard InChI is InChI=1S/C9H12ClN3O4/c1-17-5-7(4-14)12-9-8(13(15)16)2-6(10)3-11-9/h2-3,7,14H,4-5H2,1H3,(H,11,12). The minimum atomic E-state index is -0.595. The highest BCUT2D eigenvalue weighted by atomic mass is 35.5. The van der Waals surface area contributed by atoms with Gasteiger partial charge in [-0.15, -0.1) is 0 Å². The topological polar surface area (TPSA) is 97.5 Å². The van der Waals surface area contributed by atoms with E-state index in [2.05, 4.69) is 10.3 Å². The van der Waals surface area contributed by atoms with E-state index >= 15 is 0 Å². The van der Waals surface area contributed by atoms with Gasteiger partial charge in [-0.3, -0.25) is 10.1 Å². The van der Waals surface area contributed by atoms with E-state index in [4.69, 9.17) is 21.4 Å². The maximum absolute atomic E-state index is 10.8. The number of aromatic nitrogens is 1. The molecule has 0 aromatic carbocycles. The summed E-state index contributed by atoms with van der Waals surface area (Å²) < 4.78 is 4.84. The Bertz CT molecular complexity index is 402. The zero-order valence-corrected chi connectivity index (χ0v) is 9.85. The first-order valence-electron chi connectivity index (χ1n) is 4.74. The number of aliphatic hydroxyl groups is 1. The van der Waals surface area contributed by atoms with Crippen molar-refractivity contribution in [2.75, 3.05) is 25.6 Å². The van der Waals surface area contributed by atoms with Crippen LogP contribution < -0.4 is 5.32 Å². The molecule has 2 N–H and O–H groups in total. The SMILES string of the molecule is COCC(CO)Nc1ncc(Cl)cc1[N+](=O)[O-]. The molecule has 0 saturated carbocycles. The first-order chi connectivity index (χ1) is 8.08. The number of rotatable bonds is 6. The van der Waals surface area contributed by atoms with Crippen LogP contribution in [0.3, 0.4) is 0 Å². The molecule has 0 saturated heterocycles. The Balaban J connectivity index is 2.92. The van der Waals surface area contributed by atoms with Crippen LogP contribution in [0.15, 0.2) is 12.3 Å². The number of methoxy groups -OCH3 is 1. The van der Waals surface area contributed by atoms with Crippen LogP contribution in [0.5, 0.6) is 0 Å². The highest BCUT2D eigenvalue weighted by Crippen LogP contribution is 2.25. The predicted octanol–water partition coefficient (Wildman–Crippen LogP) is 1.06. The summed E-state index contributed by atoms with van der Waals surface area (Å²) in [5.74, 6) is 0.0514. The van der Waals surface area contributed by atoms with Crippen molar-refractivity contribution in [3.8, 4) is 0 Å². The van der Waals surface area contributed by atoms with Crippen molar-refractivity contribution < 1.29 is 14.8 Å². The summed E-state index contributed by atoms with van der Waals surface area (Å²) in [5.41, 5.74) is -0.243. The molecule has 0 bridgehead atoms. The largest absolute Gasteiger partial charge is 0.394 e. The van der Waals surface area contributed by atoms with Crippen LogP contribution in [0.4, 0.5) is 11.5 Å². The Morgan fingerprint density at radius 1 is 1.76 bits per heavy atom. The fourth-order valence-electron chi connectivity index (χ4n) is 1.21. The Kier molecular flexibility index (Phi) is 5.08. The smallest absolute Gasteiger partial charge is 0.312 e. The molecule has 0 aliphatic rings. The fraction of sp³-hybridized carbons (Fsp3) is 0.444. The third-order valence-corrected chi connectivity index (χ3v) is 2.17. The Morgan fingerprint density at radius 3 is 3.00 bits per heavy atom. The van der Waals surface area contributed by atoms with Gasteiger partial charge in [-0.2, -0.15) is 0 Å². The monoisotopic (exact) mass is 261 g/mol. The van der Waals surface area contributed by atoms with Crippen molar-refractivity contribution in [3.05, 3.63) is 27.4 Å². The van der Waals surface area contributed by atoms with Gasteiger partial charge in [-0.05, 0) is 0 Å². The average molecular weight is 262 g/mol. The fourth-order valence-corrected chi connectivity index (χ4v) is 1.37. The first-order valence-corrected chi connectivity index (χ1v) is 5.12. The number of ether oxygens (including phenoxy) is 1. The summed E-state index contributed by atoms with van der Waals surface area (Å²) in [7, 11) is 1.47. The Hall–Kier alpha value is -1.44. The van der Waals surface area contributed by atoms with E-state index in [-0.39, 0.29) is 29.7 Å². The lowest BCUT2D eigenvalue weighted by Crippen LogP contribution is -2.29. The van der Waals surface area contributed by atoms with E-state index in [1.807, 2.05) is 0 Å². The summed E-state index contributed by atoms with van der Waals surface area (Å²) in [6.45, 7) is -0.0206. The second-order valence-corrected chi connectivity index (χ2v) is 3.69. The minimum absolute atomic E-state index is 0.0514. The molecule has 8 heteroatoms. The Morgan fingerprint density at radius 2 is 2.47 bits per heavy atom. The molecule has 1 aromatic rings. The number of hydrogen-bond donors (Lipinski definition) is 2. The molecule has 1 heterocycles. The van der Waals surface area contributed by atoms with Gasteiger partial charge in [0.2, 0.25) is 5.82 Å². The zero-order valence-electron chi connectivity index (χ0n) is 9.09. The van der Waals surface area contributed by atoms with Crippen LogP contribution in [-0.4, -0.2) is 41.4 Å². The maximum atomic E-state index is 10.8. The molecule has 0 spiro atoms. The van der Waals surface area contributed by atoms with Gasteiger partial charge in [-0.25, -0.2) is 4.98 Å². The lowest BCUT2D eigenvalue weighted by Gasteiger charge is -2.15. The number of anilines is 1. The molecule has 0 aliphatic carbocycles. The van der Waals surface area contributed by atoms with Crippen molar-refractivity contribution >= 4 is 23.1 Å². The number of nitro groups is 1. The van der Waals surface area contributed by atoms with Gasteiger partial charge >= 0.3 is 5.69 Å². The van der Waals surface area contributed by atoms with Gasteiger partial charge in [0.1, 0.15) is 0 Å². The van der Waals surface area contributed by atoms with E-state index in [0.717, 1.165) is 0 Å². The molecule has 94 valence electrons. The van der Waals surface area contributed by atoms with E-state index in [9.17, 15) is 10.1 Å². The average Bonchev–Trinajstić information content (AvgIpc) is 2.30. The normalized spacial score (nSPS) is 12.2. The molecule has 7 nitrogen and oxygen atoms in total. The maximum Gasteiger partial charge on any atom is 0.312 e. The molecule has 1 atom stereocenters. The van der Waals surface area contributed by atoms with Crippen LogP contribution >= 0.6 is 11.6 Å². The molecular weight excluding hydrogens is 250 g/mol. The summed E-state index contributed by atoms with van der Waals surface area (Å²) in [6.07, 6.45) is 1.29. The van der Waals surface area contributed by atoms with Crippen LogP contribution in [0.2, 0.25) is 5.02 Å². The van der Waals surface area contributed by atoms with Crippen LogP contribution in [-0.2, 0) is 4.74 Å². The molecule has 1 aromatic heterocycles. The molecular formula is C9H12ClN3O4. The third kappa shape index (κ3) is 3.81. The molecule has 0 amide bonds. The molecule has 1 unspecified atom stereocenters. The zero-order chi connectivity index (χ0) is 12.8. The van der Waals surface area contributed by atoms with Gasteiger partial charge in [0.15, 0.2) is 0 Å². The van der Waals surface area contributed by atoms with Crippen molar-refractivity contribution in [3.63, 3.8) is 0 Å². The van der Waals surface area contributed by atoms with Gasteiger partial charge < -0.3 is 15.2 Å². The van der Waals surface area contributed by atoms with Gasteiger partial charge in [-0.1, -0.05) is 11.6 Å². The quantitative estimate of drug-likeness (QED) is 0.587. The van der Waals surface area contributed by atoms with Crippen LogP contribution in [0.1, 0.15) is 0 Å². The highest BCUT2D eigenvalue weighted by Gasteiger charge is 2.18. The van der Waals surface area contributed by atoms with Crippen molar-refractivity contribution in [1.29, 1.82) is 0 Å². The van der Waals surface area contributed by atoms with E-state index in [0.29, 0.717) is 0 Å². The molecule has 1 rings (SSSR count). The predicted molar refractivity (Wildman–Crippen MR) is 62.3 cm³/mol. The lowest BCUT2D eigenvalue weighted by atomic mass is 10.3. The van der Waals surface area contributed by atoms with E-state index in [1.54, 1.807) is 0 Å².